The highest BCUT2D eigenvalue weighted by Crippen LogP contribution is 2.39. The molecule has 0 saturated carbocycles. The normalized spacial score (nSPS) is 20.5. The van der Waals surface area contributed by atoms with Crippen LogP contribution in [0.4, 0.5) is 0 Å². The SMILES string of the molecule is Cc1c(C2CCNCC2)ccc2c1OCCCO2. The first kappa shape index (κ1) is 11.8. The first-order valence-corrected chi connectivity index (χ1v) is 6.96. The molecule has 1 fully saturated rings. The third kappa shape index (κ3) is 2.19. The highest BCUT2D eigenvalue weighted by molar-refractivity contribution is 5.51. The van der Waals surface area contributed by atoms with Gasteiger partial charge in [0.1, 0.15) is 0 Å². The van der Waals surface area contributed by atoms with Gasteiger partial charge in [0, 0.05) is 6.42 Å². The van der Waals surface area contributed by atoms with Crippen LogP contribution < -0.4 is 14.8 Å². The number of hydrogen-bond donors (Lipinski definition) is 1. The van der Waals surface area contributed by atoms with Crippen LogP contribution in [-0.2, 0) is 0 Å². The number of nitrogens with one attached hydrogen (secondary N) is 1. The molecule has 0 unspecified atom stereocenters. The molecular formula is C15H21NO2. The molecule has 1 saturated heterocycles. The summed E-state index contributed by atoms with van der Waals surface area (Å²) in [5.41, 5.74) is 2.72. The molecule has 0 radical (unpaired) electrons. The summed E-state index contributed by atoms with van der Waals surface area (Å²) < 4.78 is 11.6. The maximum absolute atomic E-state index is 5.87. The number of hydrogen-bond acceptors (Lipinski definition) is 3. The van der Waals surface area contributed by atoms with Crippen LogP contribution in [-0.4, -0.2) is 26.3 Å². The predicted molar refractivity (Wildman–Crippen MR) is 71.6 cm³/mol. The Morgan fingerprint density at radius 3 is 2.72 bits per heavy atom. The predicted octanol–water partition coefficient (Wildman–Crippen LogP) is 2.62. The van der Waals surface area contributed by atoms with Crippen molar-refractivity contribution in [3.8, 4) is 11.5 Å². The molecule has 3 rings (SSSR count). The minimum atomic E-state index is 0.670. The summed E-state index contributed by atoms with van der Waals surface area (Å²) in [5.74, 6) is 2.56. The van der Waals surface area contributed by atoms with Gasteiger partial charge in [0.05, 0.1) is 13.2 Å². The van der Waals surface area contributed by atoms with Crippen LogP contribution in [0.2, 0.25) is 0 Å². The summed E-state index contributed by atoms with van der Waals surface area (Å²) in [6.07, 6.45) is 3.41. The largest absolute Gasteiger partial charge is 0.490 e. The molecule has 3 nitrogen and oxygen atoms in total. The second-order valence-corrected chi connectivity index (χ2v) is 5.18. The van der Waals surface area contributed by atoms with E-state index in [4.69, 9.17) is 9.47 Å². The smallest absolute Gasteiger partial charge is 0.164 e. The molecule has 2 aliphatic rings. The third-order valence-electron chi connectivity index (χ3n) is 3.98. The van der Waals surface area contributed by atoms with Crippen LogP contribution in [0.3, 0.4) is 0 Å². The van der Waals surface area contributed by atoms with Gasteiger partial charge in [-0.3, -0.25) is 0 Å². The standard InChI is InChI=1S/C15H21NO2/c1-11-13(12-5-7-16-8-6-12)3-4-14-15(11)18-10-2-9-17-14/h3-4,12,16H,2,5-10H2,1H3. The quantitative estimate of drug-likeness (QED) is 0.827. The van der Waals surface area contributed by atoms with Crippen molar-refractivity contribution in [1.82, 2.24) is 5.32 Å². The van der Waals surface area contributed by atoms with E-state index in [0.717, 1.165) is 44.2 Å². The first-order valence-electron chi connectivity index (χ1n) is 6.96. The summed E-state index contributed by atoms with van der Waals surface area (Å²) in [6.45, 7) is 5.95. The maximum Gasteiger partial charge on any atom is 0.164 e. The lowest BCUT2D eigenvalue weighted by molar-refractivity contribution is 0.296. The molecule has 0 spiro atoms. The maximum atomic E-state index is 5.87. The van der Waals surface area contributed by atoms with Gasteiger partial charge < -0.3 is 14.8 Å². The van der Waals surface area contributed by atoms with E-state index in [9.17, 15) is 0 Å². The molecule has 3 heteroatoms. The van der Waals surface area contributed by atoms with Gasteiger partial charge in [-0.2, -0.15) is 0 Å². The van der Waals surface area contributed by atoms with E-state index in [0.29, 0.717) is 5.92 Å². The van der Waals surface area contributed by atoms with Gasteiger partial charge in [0.15, 0.2) is 11.5 Å². The Labute approximate surface area is 108 Å². The van der Waals surface area contributed by atoms with Crippen molar-refractivity contribution < 1.29 is 9.47 Å². The summed E-state index contributed by atoms with van der Waals surface area (Å²) in [6, 6.07) is 4.32. The van der Waals surface area contributed by atoms with Crippen LogP contribution in [0, 0.1) is 6.92 Å². The molecular weight excluding hydrogens is 226 g/mol. The summed E-state index contributed by atoms with van der Waals surface area (Å²) in [5, 5.41) is 3.42. The molecule has 0 bridgehead atoms. The molecule has 1 aromatic rings. The Balaban J connectivity index is 1.93. The summed E-state index contributed by atoms with van der Waals surface area (Å²) in [4.78, 5) is 0. The molecule has 2 aliphatic heterocycles. The van der Waals surface area contributed by atoms with Crippen molar-refractivity contribution in [2.45, 2.75) is 32.1 Å². The fourth-order valence-electron chi connectivity index (χ4n) is 2.97. The molecule has 18 heavy (non-hydrogen) atoms. The lowest BCUT2D eigenvalue weighted by atomic mass is 9.87. The lowest BCUT2D eigenvalue weighted by Gasteiger charge is -2.25. The molecule has 1 aromatic carbocycles. The second-order valence-electron chi connectivity index (χ2n) is 5.18. The second kappa shape index (κ2) is 5.19. The average molecular weight is 247 g/mol. The van der Waals surface area contributed by atoms with Crippen molar-refractivity contribution in [1.29, 1.82) is 0 Å². The fourth-order valence-corrected chi connectivity index (χ4v) is 2.97. The fraction of sp³-hybridized carbons (Fsp3) is 0.600. The topological polar surface area (TPSA) is 30.5 Å². The lowest BCUT2D eigenvalue weighted by Crippen LogP contribution is -2.27. The van der Waals surface area contributed by atoms with Crippen LogP contribution in [0.15, 0.2) is 12.1 Å². The highest BCUT2D eigenvalue weighted by Gasteiger charge is 2.21. The van der Waals surface area contributed by atoms with Crippen molar-refractivity contribution >= 4 is 0 Å². The highest BCUT2D eigenvalue weighted by atomic mass is 16.5. The first-order chi connectivity index (χ1) is 8.86. The van der Waals surface area contributed by atoms with Crippen LogP contribution in [0.25, 0.3) is 0 Å². The average Bonchev–Trinajstić information content (AvgIpc) is 2.66. The van der Waals surface area contributed by atoms with E-state index in [1.807, 2.05) is 0 Å². The van der Waals surface area contributed by atoms with E-state index in [2.05, 4.69) is 24.4 Å². The zero-order valence-electron chi connectivity index (χ0n) is 11.0. The van der Waals surface area contributed by atoms with Gasteiger partial charge in [0.2, 0.25) is 0 Å². The molecule has 0 aliphatic carbocycles. The Morgan fingerprint density at radius 1 is 1.11 bits per heavy atom. The Morgan fingerprint density at radius 2 is 1.89 bits per heavy atom. The number of benzene rings is 1. The van der Waals surface area contributed by atoms with Crippen molar-refractivity contribution in [2.24, 2.45) is 0 Å². The zero-order chi connectivity index (χ0) is 12.4. The van der Waals surface area contributed by atoms with Crippen molar-refractivity contribution in [3.63, 3.8) is 0 Å². The zero-order valence-corrected chi connectivity index (χ0v) is 11.0. The van der Waals surface area contributed by atoms with Gasteiger partial charge in [-0.25, -0.2) is 0 Å². The Kier molecular flexibility index (Phi) is 3.41. The minimum absolute atomic E-state index is 0.670. The summed E-state index contributed by atoms with van der Waals surface area (Å²) in [7, 11) is 0. The van der Waals surface area contributed by atoms with E-state index in [-0.39, 0.29) is 0 Å². The summed E-state index contributed by atoms with van der Waals surface area (Å²) >= 11 is 0. The van der Waals surface area contributed by atoms with E-state index in [1.54, 1.807) is 0 Å². The van der Waals surface area contributed by atoms with Gasteiger partial charge in [-0.15, -0.1) is 0 Å². The molecule has 0 amide bonds. The monoisotopic (exact) mass is 247 g/mol. The molecule has 98 valence electrons. The van der Waals surface area contributed by atoms with E-state index in [1.165, 1.54) is 24.0 Å². The van der Waals surface area contributed by atoms with E-state index < -0.39 is 0 Å². The van der Waals surface area contributed by atoms with Gasteiger partial charge in [-0.1, -0.05) is 6.07 Å². The van der Waals surface area contributed by atoms with Crippen molar-refractivity contribution in [3.05, 3.63) is 23.3 Å². The minimum Gasteiger partial charge on any atom is -0.490 e. The van der Waals surface area contributed by atoms with E-state index >= 15 is 0 Å². The van der Waals surface area contributed by atoms with Crippen LogP contribution in [0.5, 0.6) is 11.5 Å². The Hall–Kier alpha value is -1.22. The van der Waals surface area contributed by atoms with Crippen LogP contribution in [0.1, 0.15) is 36.3 Å². The van der Waals surface area contributed by atoms with Gasteiger partial charge in [-0.05, 0) is 56.0 Å². The molecule has 2 heterocycles. The van der Waals surface area contributed by atoms with Gasteiger partial charge >= 0.3 is 0 Å². The molecule has 1 N–H and O–H groups in total. The third-order valence-corrected chi connectivity index (χ3v) is 3.98. The number of ether oxygens (including phenoxy) is 2. The molecule has 0 aromatic heterocycles. The molecule has 0 atom stereocenters. The van der Waals surface area contributed by atoms with Crippen LogP contribution >= 0.6 is 0 Å². The number of piperidine rings is 1. The van der Waals surface area contributed by atoms with Crippen molar-refractivity contribution in [2.75, 3.05) is 26.3 Å². The number of rotatable bonds is 1. The Bertz CT molecular complexity index is 425. The number of fused-ring (bicyclic) bond motifs is 1. The van der Waals surface area contributed by atoms with Gasteiger partial charge in [0.25, 0.3) is 0 Å².